The fourth-order valence-electron chi connectivity index (χ4n) is 2.36. The van der Waals surface area contributed by atoms with Gasteiger partial charge in [-0.05, 0) is 32.2 Å². The van der Waals surface area contributed by atoms with Gasteiger partial charge in [-0.1, -0.05) is 26.2 Å². The monoisotopic (exact) mass is 227 g/mol. The van der Waals surface area contributed by atoms with Crippen LogP contribution in [0.25, 0.3) is 0 Å². The molecule has 0 saturated heterocycles. The van der Waals surface area contributed by atoms with Crippen LogP contribution in [0.4, 0.5) is 0 Å². The smallest absolute Gasteiger partial charge is 0.307 e. The standard InChI is InChI=1S/C13H25NO2/c1-4-8-14-13(2,10-12(15)16-3)9-11-6-5-7-11/h11,14H,4-10H2,1-3H3. The summed E-state index contributed by atoms with van der Waals surface area (Å²) in [6.07, 6.45) is 6.69. The second-order valence-electron chi connectivity index (χ2n) is 5.24. The maximum absolute atomic E-state index is 11.4. The third kappa shape index (κ3) is 4.12. The van der Waals surface area contributed by atoms with E-state index < -0.39 is 0 Å². The summed E-state index contributed by atoms with van der Waals surface area (Å²) >= 11 is 0. The van der Waals surface area contributed by atoms with Gasteiger partial charge in [-0.25, -0.2) is 0 Å². The first-order valence-corrected chi connectivity index (χ1v) is 6.41. The normalized spacial score (nSPS) is 19.9. The quantitative estimate of drug-likeness (QED) is 0.679. The zero-order valence-corrected chi connectivity index (χ0v) is 10.8. The summed E-state index contributed by atoms with van der Waals surface area (Å²) in [5, 5.41) is 3.51. The molecule has 0 aromatic carbocycles. The van der Waals surface area contributed by atoms with Crippen molar-refractivity contribution in [3.63, 3.8) is 0 Å². The third-order valence-corrected chi connectivity index (χ3v) is 3.53. The largest absolute Gasteiger partial charge is 0.469 e. The van der Waals surface area contributed by atoms with E-state index in [2.05, 4.69) is 19.2 Å². The van der Waals surface area contributed by atoms with Gasteiger partial charge in [0.25, 0.3) is 0 Å². The zero-order valence-electron chi connectivity index (χ0n) is 10.8. The Balaban J connectivity index is 2.47. The number of carbonyl (C=O) groups excluding carboxylic acids is 1. The Labute approximate surface area is 98.9 Å². The van der Waals surface area contributed by atoms with Crippen molar-refractivity contribution < 1.29 is 9.53 Å². The molecule has 1 unspecified atom stereocenters. The first-order valence-electron chi connectivity index (χ1n) is 6.41. The summed E-state index contributed by atoms with van der Waals surface area (Å²) in [5.41, 5.74) is -0.0752. The molecule has 16 heavy (non-hydrogen) atoms. The molecule has 1 rings (SSSR count). The van der Waals surface area contributed by atoms with Crippen LogP contribution < -0.4 is 5.32 Å². The molecule has 1 N–H and O–H groups in total. The minimum Gasteiger partial charge on any atom is -0.469 e. The van der Waals surface area contributed by atoms with Crippen molar-refractivity contribution in [3.8, 4) is 0 Å². The average molecular weight is 227 g/mol. The van der Waals surface area contributed by atoms with Gasteiger partial charge in [-0.2, -0.15) is 0 Å². The summed E-state index contributed by atoms with van der Waals surface area (Å²) in [7, 11) is 1.46. The molecule has 1 fully saturated rings. The lowest BCUT2D eigenvalue weighted by Gasteiger charge is -2.37. The van der Waals surface area contributed by atoms with Crippen LogP contribution in [0.3, 0.4) is 0 Å². The highest BCUT2D eigenvalue weighted by atomic mass is 16.5. The molecule has 0 aliphatic heterocycles. The van der Waals surface area contributed by atoms with Crippen molar-refractivity contribution in [2.45, 2.75) is 57.9 Å². The molecule has 1 aliphatic carbocycles. The number of hydrogen-bond acceptors (Lipinski definition) is 3. The van der Waals surface area contributed by atoms with Gasteiger partial charge in [0.15, 0.2) is 0 Å². The van der Waals surface area contributed by atoms with Gasteiger partial charge in [0.05, 0.1) is 13.5 Å². The molecule has 0 bridgehead atoms. The van der Waals surface area contributed by atoms with Crippen molar-refractivity contribution in [3.05, 3.63) is 0 Å². The Morgan fingerprint density at radius 2 is 2.19 bits per heavy atom. The summed E-state index contributed by atoms with van der Waals surface area (Å²) in [4.78, 5) is 11.4. The van der Waals surface area contributed by atoms with E-state index in [1.165, 1.54) is 26.4 Å². The van der Waals surface area contributed by atoms with Gasteiger partial charge < -0.3 is 10.1 Å². The maximum atomic E-state index is 11.4. The predicted octanol–water partition coefficient (Wildman–Crippen LogP) is 2.50. The van der Waals surface area contributed by atoms with Crippen molar-refractivity contribution in [2.75, 3.05) is 13.7 Å². The Kier molecular flexibility index (Phi) is 5.26. The number of esters is 1. The van der Waals surface area contributed by atoms with Crippen molar-refractivity contribution >= 4 is 5.97 Å². The van der Waals surface area contributed by atoms with E-state index in [-0.39, 0.29) is 11.5 Å². The first kappa shape index (κ1) is 13.5. The van der Waals surface area contributed by atoms with Crippen LogP contribution >= 0.6 is 0 Å². The van der Waals surface area contributed by atoms with Crippen molar-refractivity contribution in [1.82, 2.24) is 5.32 Å². The Hall–Kier alpha value is -0.570. The van der Waals surface area contributed by atoms with Gasteiger partial charge in [0.1, 0.15) is 0 Å². The first-order chi connectivity index (χ1) is 7.59. The van der Waals surface area contributed by atoms with Crippen LogP contribution in [-0.4, -0.2) is 25.2 Å². The van der Waals surface area contributed by atoms with E-state index >= 15 is 0 Å². The second kappa shape index (κ2) is 6.24. The van der Waals surface area contributed by atoms with Gasteiger partial charge in [0.2, 0.25) is 0 Å². The molecular formula is C13H25NO2. The van der Waals surface area contributed by atoms with Crippen LogP contribution in [0.15, 0.2) is 0 Å². The molecule has 1 atom stereocenters. The van der Waals surface area contributed by atoms with Crippen LogP contribution in [0, 0.1) is 5.92 Å². The number of nitrogens with one attached hydrogen (secondary N) is 1. The Morgan fingerprint density at radius 3 is 2.62 bits per heavy atom. The minimum absolute atomic E-state index is 0.0752. The molecule has 0 spiro atoms. The van der Waals surface area contributed by atoms with Crippen LogP contribution in [-0.2, 0) is 9.53 Å². The molecule has 0 radical (unpaired) electrons. The molecule has 3 heteroatoms. The van der Waals surface area contributed by atoms with Crippen LogP contribution in [0.5, 0.6) is 0 Å². The second-order valence-corrected chi connectivity index (χ2v) is 5.24. The molecule has 0 heterocycles. The minimum atomic E-state index is -0.106. The Morgan fingerprint density at radius 1 is 1.50 bits per heavy atom. The fourth-order valence-corrected chi connectivity index (χ4v) is 2.36. The molecular weight excluding hydrogens is 202 g/mol. The Bertz CT molecular complexity index is 226. The van der Waals surface area contributed by atoms with E-state index in [1.54, 1.807) is 0 Å². The average Bonchev–Trinajstić information content (AvgIpc) is 2.21. The van der Waals surface area contributed by atoms with Gasteiger partial charge in [-0.3, -0.25) is 4.79 Å². The fraction of sp³-hybridized carbons (Fsp3) is 0.923. The van der Waals surface area contributed by atoms with E-state index in [0.29, 0.717) is 6.42 Å². The third-order valence-electron chi connectivity index (χ3n) is 3.53. The lowest BCUT2D eigenvalue weighted by molar-refractivity contribution is -0.142. The number of methoxy groups -OCH3 is 1. The molecule has 94 valence electrons. The van der Waals surface area contributed by atoms with Crippen LogP contribution in [0.2, 0.25) is 0 Å². The predicted molar refractivity (Wildman–Crippen MR) is 65.3 cm³/mol. The SMILES string of the molecule is CCCNC(C)(CC(=O)OC)CC1CCC1. The zero-order chi connectivity index (χ0) is 12.0. The highest BCUT2D eigenvalue weighted by molar-refractivity contribution is 5.70. The maximum Gasteiger partial charge on any atom is 0.307 e. The number of hydrogen-bond donors (Lipinski definition) is 1. The van der Waals surface area contributed by atoms with Gasteiger partial charge >= 0.3 is 5.97 Å². The highest BCUT2D eigenvalue weighted by Gasteiger charge is 2.32. The highest BCUT2D eigenvalue weighted by Crippen LogP contribution is 2.35. The lowest BCUT2D eigenvalue weighted by atomic mass is 9.75. The van der Waals surface area contributed by atoms with Gasteiger partial charge in [0, 0.05) is 5.54 Å². The van der Waals surface area contributed by atoms with E-state index in [4.69, 9.17) is 4.74 Å². The summed E-state index contributed by atoms with van der Waals surface area (Å²) < 4.78 is 4.78. The van der Waals surface area contributed by atoms with E-state index in [9.17, 15) is 4.79 Å². The van der Waals surface area contributed by atoms with Gasteiger partial charge in [-0.15, -0.1) is 0 Å². The molecule has 1 saturated carbocycles. The van der Waals surface area contributed by atoms with Crippen molar-refractivity contribution in [2.24, 2.45) is 5.92 Å². The molecule has 3 nitrogen and oxygen atoms in total. The van der Waals surface area contributed by atoms with E-state index in [0.717, 1.165) is 25.3 Å². The van der Waals surface area contributed by atoms with E-state index in [1.807, 2.05) is 0 Å². The molecule has 0 aromatic rings. The summed E-state index contributed by atoms with van der Waals surface area (Å²) in [5.74, 6) is 0.699. The summed E-state index contributed by atoms with van der Waals surface area (Å²) in [6, 6.07) is 0. The molecule has 1 aliphatic rings. The number of ether oxygens (including phenoxy) is 1. The molecule has 0 aromatic heterocycles. The topological polar surface area (TPSA) is 38.3 Å². The number of rotatable bonds is 7. The lowest BCUT2D eigenvalue weighted by Crippen LogP contribution is -2.47. The van der Waals surface area contributed by atoms with Crippen molar-refractivity contribution in [1.29, 1.82) is 0 Å². The van der Waals surface area contributed by atoms with Crippen LogP contribution in [0.1, 0.15) is 52.4 Å². The summed E-state index contributed by atoms with van der Waals surface area (Å²) in [6.45, 7) is 5.27. The molecule has 0 amide bonds. The number of carbonyl (C=O) groups is 1.